The summed E-state index contributed by atoms with van der Waals surface area (Å²) in [4.78, 5) is 36.2. The Hall–Kier alpha value is -2.55. The third-order valence-corrected chi connectivity index (χ3v) is 4.12. The van der Waals surface area contributed by atoms with Crippen LogP contribution in [0.15, 0.2) is 22.3 Å². The fourth-order valence-corrected chi connectivity index (χ4v) is 2.58. The molecule has 0 saturated carbocycles. The Kier molecular flexibility index (Phi) is 6.02. The zero-order valence-electron chi connectivity index (χ0n) is 13.9. The Bertz CT molecular complexity index is 746. The molecule has 0 atom stereocenters. The molecule has 1 aromatic carbocycles. The van der Waals surface area contributed by atoms with E-state index in [-0.39, 0.29) is 18.8 Å². The molecule has 2 rings (SSSR count). The molecule has 0 spiro atoms. The van der Waals surface area contributed by atoms with Gasteiger partial charge in [0.25, 0.3) is 5.91 Å². The fourth-order valence-electron chi connectivity index (χ4n) is 2.14. The van der Waals surface area contributed by atoms with Gasteiger partial charge in [0.15, 0.2) is 18.1 Å². The zero-order valence-corrected chi connectivity index (χ0v) is 15.5. The summed E-state index contributed by atoms with van der Waals surface area (Å²) in [5.41, 5.74) is 0.765. The number of nitrogens with zero attached hydrogens (tertiary/aromatic N) is 1. The van der Waals surface area contributed by atoms with Crippen molar-refractivity contribution in [3.05, 3.63) is 27.9 Å². The van der Waals surface area contributed by atoms with Crippen LogP contribution >= 0.6 is 15.9 Å². The standard InChI is InChI=1S/C16H17BrN2O6/c1-4-19-15(21)11(18-16(19)22)5-9-6-12(23-2)13(7-10(9)17)25-8-14(20)24-3/h5-7H,4,8H2,1-3H3,(H,18,22)/b11-5+. The van der Waals surface area contributed by atoms with Gasteiger partial charge in [0.2, 0.25) is 0 Å². The smallest absolute Gasteiger partial charge is 0.343 e. The lowest BCUT2D eigenvalue weighted by molar-refractivity contribution is -0.142. The van der Waals surface area contributed by atoms with Gasteiger partial charge in [0.1, 0.15) is 5.70 Å². The number of methoxy groups -OCH3 is 2. The quantitative estimate of drug-likeness (QED) is 0.435. The summed E-state index contributed by atoms with van der Waals surface area (Å²) in [7, 11) is 2.72. The molecule has 0 aromatic heterocycles. The summed E-state index contributed by atoms with van der Waals surface area (Å²) in [6, 6.07) is 2.77. The van der Waals surface area contributed by atoms with Crippen molar-refractivity contribution < 1.29 is 28.6 Å². The molecule has 134 valence electrons. The molecule has 0 aliphatic carbocycles. The van der Waals surface area contributed by atoms with Gasteiger partial charge in [-0.25, -0.2) is 9.59 Å². The molecule has 8 nitrogen and oxygen atoms in total. The molecule has 1 fully saturated rings. The Morgan fingerprint density at radius 2 is 2.00 bits per heavy atom. The molecule has 0 unspecified atom stereocenters. The average Bonchev–Trinajstić information content (AvgIpc) is 2.87. The van der Waals surface area contributed by atoms with Crippen LogP contribution in [-0.4, -0.2) is 50.2 Å². The van der Waals surface area contributed by atoms with Gasteiger partial charge < -0.3 is 19.5 Å². The third-order valence-electron chi connectivity index (χ3n) is 3.43. The van der Waals surface area contributed by atoms with Gasteiger partial charge in [-0.15, -0.1) is 0 Å². The van der Waals surface area contributed by atoms with E-state index >= 15 is 0 Å². The predicted molar refractivity (Wildman–Crippen MR) is 92.1 cm³/mol. The van der Waals surface area contributed by atoms with E-state index in [0.29, 0.717) is 21.5 Å². The molecule has 25 heavy (non-hydrogen) atoms. The molecule has 1 aromatic rings. The number of carbonyl (C=O) groups excluding carboxylic acids is 3. The number of imide groups is 1. The molecule has 1 aliphatic heterocycles. The molecule has 1 aliphatic rings. The van der Waals surface area contributed by atoms with E-state index in [4.69, 9.17) is 9.47 Å². The largest absolute Gasteiger partial charge is 0.493 e. The Balaban J connectivity index is 2.31. The van der Waals surface area contributed by atoms with Crippen LogP contribution in [0.3, 0.4) is 0 Å². The van der Waals surface area contributed by atoms with Crippen molar-refractivity contribution in [3.63, 3.8) is 0 Å². The first-order valence-electron chi connectivity index (χ1n) is 7.33. The van der Waals surface area contributed by atoms with Gasteiger partial charge >= 0.3 is 12.0 Å². The summed E-state index contributed by atoms with van der Waals surface area (Å²) >= 11 is 3.38. The maximum absolute atomic E-state index is 12.1. The molecule has 0 radical (unpaired) electrons. The Morgan fingerprint density at radius 1 is 1.28 bits per heavy atom. The first-order chi connectivity index (χ1) is 11.9. The number of ether oxygens (including phenoxy) is 3. The lowest BCUT2D eigenvalue weighted by atomic mass is 10.1. The highest BCUT2D eigenvalue weighted by Gasteiger charge is 2.32. The van der Waals surface area contributed by atoms with Gasteiger partial charge in [0, 0.05) is 11.0 Å². The van der Waals surface area contributed by atoms with E-state index in [1.165, 1.54) is 20.3 Å². The van der Waals surface area contributed by atoms with E-state index in [0.717, 1.165) is 4.90 Å². The number of urea groups is 1. The van der Waals surface area contributed by atoms with Crippen LogP contribution in [-0.2, 0) is 14.3 Å². The lowest BCUT2D eigenvalue weighted by Crippen LogP contribution is -2.30. The van der Waals surface area contributed by atoms with E-state index in [1.54, 1.807) is 19.1 Å². The normalized spacial score (nSPS) is 15.4. The predicted octanol–water partition coefficient (Wildman–Crippen LogP) is 1.92. The zero-order chi connectivity index (χ0) is 18.6. The number of halogens is 1. The van der Waals surface area contributed by atoms with Crippen molar-refractivity contribution >= 4 is 39.9 Å². The summed E-state index contributed by atoms with van der Waals surface area (Å²) in [5.74, 6) is -0.227. The Morgan fingerprint density at radius 3 is 2.56 bits per heavy atom. The number of hydrogen-bond acceptors (Lipinski definition) is 6. The number of likely N-dealkylation sites (N-methyl/N-ethyl adjacent to an activating group) is 1. The first kappa shape index (κ1) is 18.8. The van der Waals surface area contributed by atoms with E-state index in [2.05, 4.69) is 26.0 Å². The summed E-state index contributed by atoms with van der Waals surface area (Å²) in [6.45, 7) is 1.74. The van der Waals surface area contributed by atoms with Gasteiger partial charge in [-0.05, 0) is 30.7 Å². The van der Waals surface area contributed by atoms with Gasteiger partial charge in [-0.2, -0.15) is 0 Å². The highest BCUT2D eigenvalue weighted by atomic mass is 79.9. The second-order valence-electron chi connectivity index (χ2n) is 4.93. The maximum atomic E-state index is 12.1. The molecule has 1 saturated heterocycles. The highest BCUT2D eigenvalue weighted by molar-refractivity contribution is 9.10. The molecule has 1 N–H and O–H groups in total. The van der Waals surface area contributed by atoms with Crippen molar-refractivity contribution in [3.8, 4) is 11.5 Å². The SMILES string of the molecule is CCN1C(=O)N/C(=C/c2cc(OC)c(OCC(=O)OC)cc2Br)C1=O. The monoisotopic (exact) mass is 412 g/mol. The molecular weight excluding hydrogens is 396 g/mol. The average molecular weight is 413 g/mol. The third kappa shape index (κ3) is 4.11. The van der Waals surface area contributed by atoms with Crippen LogP contribution in [0, 0.1) is 0 Å². The minimum absolute atomic E-state index is 0.165. The molecular formula is C16H17BrN2O6. The van der Waals surface area contributed by atoms with E-state index < -0.39 is 17.9 Å². The molecule has 1 heterocycles. The number of nitrogens with one attached hydrogen (secondary N) is 1. The second kappa shape index (κ2) is 8.02. The number of amides is 3. The van der Waals surface area contributed by atoms with Crippen molar-refractivity contribution in [2.24, 2.45) is 0 Å². The fraction of sp³-hybridized carbons (Fsp3) is 0.312. The van der Waals surface area contributed by atoms with Gasteiger partial charge in [-0.3, -0.25) is 9.69 Å². The van der Waals surface area contributed by atoms with Gasteiger partial charge in [-0.1, -0.05) is 15.9 Å². The first-order valence-corrected chi connectivity index (χ1v) is 8.12. The van der Waals surface area contributed by atoms with Crippen molar-refractivity contribution in [1.29, 1.82) is 0 Å². The van der Waals surface area contributed by atoms with E-state index in [1.807, 2.05) is 0 Å². The van der Waals surface area contributed by atoms with Crippen LogP contribution in [0.2, 0.25) is 0 Å². The van der Waals surface area contributed by atoms with Crippen molar-refractivity contribution in [2.75, 3.05) is 27.4 Å². The topological polar surface area (TPSA) is 94.2 Å². The number of carbonyl (C=O) groups is 3. The van der Waals surface area contributed by atoms with Crippen molar-refractivity contribution in [2.45, 2.75) is 6.92 Å². The number of hydrogen-bond donors (Lipinski definition) is 1. The number of benzene rings is 1. The van der Waals surface area contributed by atoms with Crippen molar-refractivity contribution in [1.82, 2.24) is 10.2 Å². The number of esters is 1. The number of rotatable bonds is 6. The lowest BCUT2D eigenvalue weighted by Gasteiger charge is -2.12. The van der Waals surface area contributed by atoms with E-state index in [9.17, 15) is 14.4 Å². The van der Waals surface area contributed by atoms with Gasteiger partial charge in [0.05, 0.1) is 14.2 Å². The second-order valence-corrected chi connectivity index (χ2v) is 5.78. The summed E-state index contributed by atoms with van der Waals surface area (Å²) < 4.78 is 15.7. The van der Waals surface area contributed by atoms with Crippen LogP contribution < -0.4 is 14.8 Å². The minimum Gasteiger partial charge on any atom is -0.493 e. The Labute approximate surface area is 152 Å². The maximum Gasteiger partial charge on any atom is 0.343 e. The summed E-state index contributed by atoms with van der Waals surface area (Å²) in [5, 5.41) is 2.52. The van der Waals surface area contributed by atoms with Crippen LogP contribution in [0.1, 0.15) is 12.5 Å². The summed E-state index contributed by atoms with van der Waals surface area (Å²) in [6.07, 6.45) is 1.53. The van der Waals surface area contributed by atoms with Crippen LogP contribution in [0.5, 0.6) is 11.5 Å². The minimum atomic E-state index is -0.525. The molecule has 3 amide bonds. The highest BCUT2D eigenvalue weighted by Crippen LogP contribution is 2.35. The van der Waals surface area contributed by atoms with Crippen LogP contribution in [0.25, 0.3) is 6.08 Å². The van der Waals surface area contributed by atoms with Crippen LogP contribution in [0.4, 0.5) is 4.79 Å². The molecule has 9 heteroatoms. The molecule has 0 bridgehead atoms.